The van der Waals surface area contributed by atoms with Crippen molar-refractivity contribution in [3.05, 3.63) is 71.5 Å². The average molecular weight is 528 g/mol. The van der Waals surface area contributed by atoms with Crippen molar-refractivity contribution >= 4 is 23.4 Å². The van der Waals surface area contributed by atoms with Crippen LogP contribution in [0.1, 0.15) is 21.7 Å². The molecule has 0 atom stereocenters. The van der Waals surface area contributed by atoms with Crippen LogP contribution >= 0.6 is 0 Å². The number of anilines is 3. The van der Waals surface area contributed by atoms with E-state index in [4.69, 9.17) is 14.5 Å². The number of nitrogens with one attached hydrogen (secondary N) is 1. The van der Waals surface area contributed by atoms with Crippen LogP contribution in [-0.4, -0.2) is 71.0 Å². The smallest absolute Gasteiger partial charge is 0.272 e. The standard InChI is InChI=1S/C29H33N7O3/c1-19-6-8-21(9-7-19)31-29-30-20(2)16-27(32-29)35-12-14-36(15-13-35)28(37)25-18-24(33-34(25)3)23-17-22(38-4)10-11-26(23)39-5/h6-11,16-18H,12-15H2,1-5H3,(H,30,31,32). The van der Waals surface area contributed by atoms with Gasteiger partial charge in [-0.25, -0.2) is 4.98 Å². The van der Waals surface area contributed by atoms with Crippen molar-refractivity contribution in [1.82, 2.24) is 24.6 Å². The molecular weight excluding hydrogens is 494 g/mol. The fourth-order valence-electron chi connectivity index (χ4n) is 4.65. The van der Waals surface area contributed by atoms with Crippen molar-refractivity contribution in [3.8, 4) is 22.8 Å². The number of aromatic nitrogens is 4. The topological polar surface area (TPSA) is 97.6 Å². The quantitative estimate of drug-likeness (QED) is 0.382. The molecule has 10 heteroatoms. The van der Waals surface area contributed by atoms with E-state index >= 15 is 0 Å². The third-order valence-electron chi connectivity index (χ3n) is 6.82. The van der Waals surface area contributed by atoms with Crippen LogP contribution in [0.3, 0.4) is 0 Å². The average Bonchev–Trinajstić information content (AvgIpc) is 3.34. The molecule has 2 aromatic heterocycles. The third kappa shape index (κ3) is 5.64. The van der Waals surface area contributed by atoms with Crippen molar-refractivity contribution in [3.63, 3.8) is 0 Å². The van der Waals surface area contributed by atoms with E-state index in [1.54, 1.807) is 25.9 Å². The van der Waals surface area contributed by atoms with Gasteiger partial charge in [-0.15, -0.1) is 0 Å². The summed E-state index contributed by atoms with van der Waals surface area (Å²) in [6, 6.07) is 17.4. The van der Waals surface area contributed by atoms with Crippen molar-refractivity contribution < 1.29 is 14.3 Å². The number of piperazine rings is 1. The number of carbonyl (C=O) groups excluding carboxylic acids is 1. The maximum absolute atomic E-state index is 13.5. The summed E-state index contributed by atoms with van der Waals surface area (Å²) in [4.78, 5) is 26.8. The molecule has 0 radical (unpaired) electrons. The minimum absolute atomic E-state index is 0.0571. The Morgan fingerprint density at radius 1 is 0.897 bits per heavy atom. The maximum Gasteiger partial charge on any atom is 0.272 e. The molecule has 1 aliphatic rings. The summed E-state index contributed by atoms with van der Waals surface area (Å²) in [7, 11) is 5.01. The Morgan fingerprint density at radius 3 is 2.33 bits per heavy atom. The summed E-state index contributed by atoms with van der Waals surface area (Å²) in [6.45, 7) is 6.50. The number of nitrogens with zero attached hydrogens (tertiary/aromatic N) is 6. The number of methoxy groups -OCH3 is 2. The van der Waals surface area contributed by atoms with Gasteiger partial charge in [-0.1, -0.05) is 17.7 Å². The number of ether oxygens (including phenoxy) is 2. The molecule has 202 valence electrons. The summed E-state index contributed by atoms with van der Waals surface area (Å²) < 4.78 is 12.5. The number of rotatable bonds is 7. The fourth-order valence-corrected chi connectivity index (χ4v) is 4.65. The summed E-state index contributed by atoms with van der Waals surface area (Å²) >= 11 is 0. The van der Waals surface area contributed by atoms with Gasteiger partial charge in [0.2, 0.25) is 5.95 Å². The van der Waals surface area contributed by atoms with Crippen LogP contribution in [0.4, 0.5) is 17.5 Å². The minimum atomic E-state index is -0.0571. The summed E-state index contributed by atoms with van der Waals surface area (Å²) in [5.41, 5.74) is 4.95. The van der Waals surface area contributed by atoms with Gasteiger partial charge in [0, 0.05) is 56.2 Å². The molecule has 0 unspecified atom stereocenters. The van der Waals surface area contributed by atoms with Gasteiger partial charge in [0.25, 0.3) is 5.91 Å². The van der Waals surface area contributed by atoms with Crippen molar-refractivity contribution in [2.75, 3.05) is 50.6 Å². The number of carbonyl (C=O) groups is 1. The molecule has 1 amide bonds. The number of aryl methyl sites for hydroxylation is 3. The van der Waals surface area contributed by atoms with Gasteiger partial charge in [-0.3, -0.25) is 9.48 Å². The van der Waals surface area contributed by atoms with E-state index in [9.17, 15) is 4.79 Å². The van der Waals surface area contributed by atoms with Crippen LogP contribution < -0.4 is 19.7 Å². The number of benzene rings is 2. The molecule has 5 rings (SSSR count). The highest BCUT2D eigenvalue weighted by molar-refractivity contribution is 5.94. The first-order valence-corrected chi connectivity index (χ1v) is 12.8. The lowest BCUT2D eigenvalue weighted by atomic mass is 10.1. The molecule has 1 saturated heterocycles. The molecule has 0 saturated carbocycles. The Labute approximate surface area is 228 Å². The highest BCUT2D eigenvalue weighted by Gasteiger charge is 2.26. The molecule has 2 aromatic carbocycles. The van der Waals surface area contributed by atoms with E-state index < -0.39 is 0 Å². The van der Waals surface area contributed by atoms with Crippen molar-refractivity contribution in [2.45, 2.75) is 13.8 Å². The molecule has 3 heterocycles. The normalized spacial score (nSPS) is 13.4. The number of hydrogen-bond donors (Lipinski definition) is 1. The predicted molar refractivity (Wildman–Crippen MR) is 151 cm³/mol. The summed E-state index contributed by atoms with van der Waals surface area (Å²) in [5, 5.41) is 7.90. The number of hydrogen-bond acceptors (Lipinski definition) is 8. The Hall–Kier alpha value is -4.60. The molecule has 0 bridgehead atoms. The Bertz CT molecular complexity index is 1470. The SMILES string of the molecule is COc1ccc(OC)c(-c2cc(C(=O)N3CCN(c4cc(C)nc(Nc5ccc(C)cc5)n4)CC3)n(C)n2)c1. The van der Waals surface area contributed by atoms with Crippen molar-refractivity contribution in [1.29, 1.82) is 0 Å². The third-order valence-corrected chi connectivity index (χ3v) is 6.82. The Kier molecular flexibility index (Phi) is 7.36. The van der Waals surface area contributed by atoms with Crippen LogP contribution in [0.5, 0.6) is 11.5 Å². The highest BCUT2D eigenvalue weighted by atomic mass is 16.5. The van der Waals surface area contributed by atoms with Gasteiger partial charge >= 0.3 is 0 Å². The zero-order chi connectivity index (χ0) is 27.5. The lowest BCUT2D eigenvalue weighted by Gasteiger charge is -2.35. The molecule has 10 nitrogen and oxygen atoms in total. The monoisotopic (exact) mass is 527 g/mol. The lowest BCUT2D eigenvalue weighted by Crippen LogP contribution is -2.49. The van der Waals surface area contributed by atoms with Gasteiger partial charge < -0.3 is 24.6 Å². The van der Waals surface area contributed by atoms with E-state index in [0.717, 1.165) is 22.8 Å². The molecular formula is C29H33N7O3. The molecule has 1 N–H and O–H groups in total. The van der Waals surface area contributed by atoms with E-state index in [-0.39, 0.29) is 5.91 Å². The van der Waals surface area contributed by atoms with Crippen molar-refractivity contribution in [2.24, 2.45) is 7.05 Å². The molecule has 1 fully saturated rings. The van der Waals surface area contributed by atoms with Crippen LogP contribution in [0.25, 0.3) is 11.3 Å². The second kappa shape index (κ2) is 11.0. The van der Waals surface area contributed by atoms with Gasteiger partial charge in [0.05, 0.1) is 19.9 Å². The summed E-state index contributed by atoms with van der Waals surface area (Å²) in [5.74, 6) is 2.70. The number of amides is 1. The zero-order valence-electron chi connectivity index (χ0n) is 22.9. The zero-order valence-corrected chi connectivity index (χ0v) is 22.9. The summed E-state index contributed by atoms with van der Waals surface area (Å²) in [6.07, 6.45) is 0. The molecule has 0 aliphatic carbocycles. The first-order valence-electron chi connectivity index (χ1n) is 12.8. The maximum atomic E-state index is 13.5. The lowest BCUT2D eigenvalue weighted by molar-refractivity contribution is 0.0735. The second-order valence-corrected chi connectivity index (χ2v) is 9.57. The molecule has 4 aromatic rings. The fraction of sp³-hybridized carbons (Fsp3) is 0.310. The van der Waals surface area contributed by atoms with E-state index in [0.29, 0.717) is 55.0 Å². The Morgan fingerprint density at radius 2 is 1.64 bits per heavy atom. The molecule has 39 heavy (non-hydrogen) atoms. The molecule has 1 aliphatic heterocycles. The van der Waals surface area contributed by atoms with Gasteiger partial charge in [-0.2, -0.15) is 10.1 Å². The van der Waals surface area contributed by atoms with Crippen LogP contribution in [0.15, 0.2) is 54.6 Å². The highest BCUT2D eigenvalue weighted by Crippen LogP contribution is 2.33. The van der Waals surface area contributed by atoms with Crippen LogP contribution in [0.2, 0.25) is 0 Å². The first-order chi connectivity index (χ1) is 18.8. The van der Waals surface area contributed by atoms with Gasteiger partial charge in [0.15, 0.2) is 0 Å². The van der Waals surface area contributed by atoms with Gasteiger partial charge in [0.1, 0.15) is 23.0 Å². The Balaban J connectivity index is 1.28. The van der Waals surface area contributed by atoms with Crippen LogP contribution in [-0.2, 0) is 7.05 Å². The minimum Gasteiger partial charge on any atom is -0.497 e. The second-order valence-electron chi connectivity index (χ2n) is 9.57. The van der Waals surface area contributed by atoms with E-state index in [2.05, 4.69) is 27.2 Å². The first kappa shape index (κ1) is 26.0. The van der Waals surface area contributed by atoms with E-state index in [1.807, 2.05) is 66.4 Å². The predicted octanol–water partition coefficient (Wildman–Crippen LogP) is 4.22. The van der Waals surface area contributed by atoms with Gasteiger partial charge in [-0.05, 0) is 50.2 Å². The van der Waals surface area contributed by atoms with Crippen LogP contribution in [0, 0.1) is 13.8 Å². The molecule has 0 spiro atoms. The largest absolute Gasteiger partial charge is 0.497 e. The van der Waals surface area contributed by atoms with E-state index in [1.165, 1.54) is 5.56 Å².